The maximum absolute atomic E-state index is 13.6. The molecule has 1 N–H and O–H groups in total. The van der Waals surface area contributed by atoms with Gasteiger partial charge in [0.15, 0.2) is 0 Å². The van der Waals surface area contributed by atoms with Crippen molar-refractivity contribution >= 4 is 11.6 Å². The van der Waals surface area contributed by atoms with Crippen LogP contribution in [0.25, 0.3) is 11.1 Å². The van der Waals surface area contributed by atoms with Gasteiger partial charge in [0.1, 0.15) is 5.82 Å². The summed E-state index contributed by atoms with van der Waals surface area (Å²) in [5, 5.41) is 9.58. The summed E-state index contributed by atoms with van der Waals surface area (Å²) in [4.78, 5) is 3.71. The van der Waals surface area contributed by atoms with Crippen molar-refractivity contribution in [1.82, 2.24) is 4.98 Å². The highest BCUT2D eigenvalue weighted by atomic mass is 35.5. The molecule has 0 saturated heterocycles. The molecule has 0 saturated carbocycles. The Kier molecular flexibility index (Phi) is 3.71. The molecular weight excluding hydrogens is 241 g/mol. The van der Waals surface area contributed by atoms with Crippen molar-refractivity contribution in [2.45, 2.75) is 6.42 Å². The van der Waals surface area contributed by atoms with Crippen LogP contribution in [0.5, 0.6) is 0 Å². The van der Waals surface area contributed by atoms with Crippen molar-refractivity contribution in [1.29, 1.82) is 0 Å². The lowest BCUT2D eigenvalue weighted by Crippen LogP contribution is -1.96. The van der Waals surface area contributed by atoms with Crippen LogP contribution in [0.3, 0.4) is 0 Å². The average molecular weight is 252 g/mol. The van der Waals surface area contributed by atoms with Gasteiger partial charge in [0.05, 0.1) is 6.20 Å². The molecule has 0 fully saturated rings. The Morgan fingerprint density at radius 3 is 2.76 bits per heavy atom. The Morgan fingerprint density at radius 1 is 1.24 bits per heavy atom. The van der Waals surface area contributed by atoms with E-state index in [4.69, 9.17) is 16.7 Å². The number of hydrogen-bond donors (Lipinski definition) is 1. The molecule has 1 heterocycles. The van der Waals surface area contributed by atoms with Crippen molar-refractivity contribution in [3.63, 3.8) is 0 Å². The van der Waals surface area contributed by atoms with Crippen LogP contribution >= 0.6 is 11.6 Å². The van der Waals surface area contributed by atoms with Crippen LogP contribution in [-0.4, -0.2) is 16.7 Å². The molecule has 0 radical (unpaired) electrons. The number of halogens is 2. The molecule has 17 heavy (non-hydrogen) atoms. The molecule has 0 aliphatic rings. The van der Waals surface area contributed by atoms with E-state index in [9.17, 15) is 4.39 Å². The topological polar surface area (TPSA) is 33.1 Å². The molecule has 0 amide bonds. The molecule has 0 atom stereocenters. The second-order valence-corrected chi connectivity index (χ2v) is 4.07. The second kappa shape index (κ2) is 5.25. The fraction of sp³-hybridized carbons (Fsp3) is 0.154. The summed E-state index contributed by atoms with van der Waals surface area (Å²) in [6.45, 7) is 0.0000445. The normalized spacial score (nSPS) is 10.5. The lowest BCUT2D eigenvalue weighted by Gasteiger charge is -2.09. The molecule has 0 aliphatic heterocycles. The van der Waals surface area contributed by atoms with Crippen molar-refractivity contribution in [2.75, 3.05) is 6.61 Å². The first-order valence-electron chi connectivity index (χ1n) is 5.21. The van der Waals surface area contributed by atoms with Crippen LogP contribution in [0.1, 0.15) is 5.56 Å². The van der Waals surface area contributed by atoms with E-state index in [0.717, 1.165) is 11.1 Å². The number of benzene rings is 1. The van der Waals surface area contributed by atoms with Crippen LogP contribution in [0.15, 0.2) is 36.7 Å². The minimum Gasteiger partial charge on any atom is -0.396 e. The van der Waals surface area contributed by atoms with Gasteiger partial charge in [0.2, 0.25) is 0 Å². The Hall–Kier alpha value is -1.45. The molecule has 0 spiro atoms. The van der Waals surface area contributed by atoms with E-state index in [1.165, 1.54) is 12.4 Å². The van der Waals surface area contributed by atoms with Gasteiger partial charge >= 0.3 is 0 Å². The number of rotatable bonds is 3. The molecule has 1 aromatic carbocycles. The molecular formula is C13H11ClFNO. The first-order valence-corrected chi connectivity index (χ1v) is 5.59. The Morgan fingerprint density at radius 2 is 2.06 bits per heavy atom. The molecule has 2 rings (SSSR count). The molecule has 2 nitrogen and oxygen atoms in total. The van der Waals surface area contributed by atoms with E-state index in [-0.39, 0.29) is 12.4 Å². The van der Waals surface area contributed by atoms with Crippen LogP contribution in [0, 0.1) is 5.82 Å². The average Bonchev–Trinajstić information content (AvgIpc) is 2.31. The van der Waals surface area contributed by atoms with Crippen molar-refractivity contribution in [3.8, 4) is 11.1 Å². The first-order chi connectivity index (χ1) is 8.22. The van der Waals surface area contributed by atoms with Crippen molar-refractivity contribution < 1.29 is 9.50 Å². The summed E-state index contributed by atoms with van der Waals surface area (Å²) < 4.78 is 13.6. The third-order valence-corrected chi connectivity index (χ3v) is 2.75. The Balaban J connectivity index is 2.55. The molecule has 2 aromatic rings. The van der Waals surface area contributed by atoms with E-state index in [0.29, 0.717) is 17.0 Å². The number of aliphatic hydroxyl groups is 1. The maximum Gasteiger partial charge on any atom is 0.149 e. The van der Waals surface area contributed by atoms with E-state index < -0.39 is 0 Å². The lowest BCUT2D eigenvalue weighted by molar-refractivity contribution is 0.300. The fourth-order valence-electron chi connectivity index (χ4n) is 1.75. The van der Waals surface area contributed by atoms with E-state index >= 15 is 0 Å². The molecule has 1 aromatic heterocycles. The number of aliphatic hydroxyl groups excluding tert-OH is 1. The molecule has 88 valence electrons. The summed E-state index contributed by atoms with van der Waals surface area (Å²) in [6.07, 6.45) is 3.15. The van der Waals surface area contributed by atoms with E-state index in [1.807, 2.05) is 0 Å². The number of nitrogens with zero attached hydrogens (tertiary/aromatic N) is 1. The summed E-state index contributed by atoms with van der Waals surface area (Å²) in [7, 11) is 0. The zero-order chi connectivity index (χ0) is 12.3. The highest BCUT2D eigenvalue weighted by Crippen LogP contribution is 2.28. The summed E-state index contributed by atoms with van der Waals surface area (Å²) in [6, 6.07) is 6.82. The summed E-state index contributed by atoms with van der Waals surface area (Å²) in [5.41, 5.74) is 2.04. The van der Waals surface area contributed by atoms with Crippen molar-refractivity contribution in [3.05, 3.63) is 53.1 Å². The van der Waals surface area contributed by atoms with Gasteiger partial charge in [-0.15, -0.1) is 0 Å². The number of aromatic nitrogens is 1. The zero-order valence-corrected chi connectivity index (χ0v) is 9.78. The minimum absolute atomic E-state index is 0.0000445. The van der Waals surface area contributed by atoms with Gasteiger partial charge in [0.25, 0.3) is 0 Å². The van der Waals surface area contributed by atoms with Crippen LogP contribution < -0.4 is 0 Å². The van der Waals surface area contributed by atoms with Gasteiger partial charge in [-0.05, 0) is 35.7 Å². The second-order valence-electron chi connectivity index (χ2n) is 3.63. The minimum atomic E-state index is -0.381. The van der Waals surface area contributed by atoms with Gasteiger partial charge in [-0.2, -0.15) is 0 Å². The summed E-state index contributed by atoms with van der Waals surface area (Å²) >= 11 is 5.89. The van der Waals surface area contributed by atoms with Gasteiger partial charge in [-0.1, -0.05) is 17.7 Å². The molecule has 4 heteroatoms. The van der Waals surface area contributed by atoms with Gasteiger partial charge in [-0.3, -0.25) is 4.98 Å². The largest absolute Gasteiger partial charge is 0.396 e. The molecule has 0 unspecified atom stereocenters. The van der Waals surface area contributed by atoms with Crippen LogP contribution in [-0.2, 0) is 6.42 Å². The van der Waals surface area contributed by atoms with Crippen LogP contribution in [0.2, 0.25) is 5.02 Å². The monoisotopic (exact) mass is 251 g/mol. The highest BCUT2D eigenvalue weighted by molar-refractivity contribution is 6.30. The van der Waals surface area contributed by atoms with Crippen molar-refractivity contribution in [2.24, 2.45) is 0 Å². The predicted molar refractivity (Wildman–Crippen MR) is 65.4 cm³/mol. The zero-order valence-electron chi connectivity index (χ0n) is 9.03. The quantitative estimate of drug-likeness (QED) is 0.909. The van der Waals surface area contributed by atoms with Gasteiger partial charge < -0.3 is 5.11 Å². The Labute approximate surface area is 104 Å². The number of hydrogen-bond acceptors (Lipinski definition) is 2. The SMILES string of the molecule is OCCc1cc(Cl)ccc1-c1ccncc1F. The molecule has 0 bridgehead atoms. The van der Waals surface area contributed by atoms with Crippen LogP contribution in [0.4, 0.5) is 4.39 Å². The number of pyridine rings is 1. The smallest absolute Gasteiger partial charge is 0.149 e. The van der Waals surface area contributed by atoms with Gasteiger partial charge in [0, 0.05) is 23.4 Å². The van der Waals surface area contributed by atoms with E-state index in [2.05, 4.69) is 4.98 Å². The third kappa shape index (κ3) is 2.62. The van der Waals surface area contributed by atoms with E-state index in [1.54, 1.807) is 24.3 Å². The first kappa shape index (κ1) is 12.0. The highest BCUT2D eigenvalue weighted by Gasteiger charge is 2.09. The van der Waals surface area contributed by atoms with Gasteiger partial charge in [-0.25, -0.2) is 4.39 Å². The fourth-order valence-corrected chi connectivity index (χ4v) is 1.94. The maximum atomic E-state index is 13.6. The third-order valence-electron chi connectivity index (χ3n) is 2.51. The summed E-state index contributed by atoms with van der Waals surface area (Å²) in [5.74, 6) is -0.381. The lowest BCUT2D eigenvalue weighted by atomic mass is 9.98. The Bertz CT molecular complexity index is 531. The predicted octanol–water partition coefficient (Wildman–Crippen LogP) is 3.08. The molecule has 0 aliphatic carbocycles. The standard InChI is InChI=1S/C13H11ClFNO/c14-10-1-2-11(9(7-10)4-6-17)12-3-5-16-8-13(12)15/h1-3,5,7-8,17H,4,6H2.